The van der Waals surface area contributed by atoms with Gasteiger partial charge in [0.2, 0.25) is 0 Å². The van der Waals surface area contributed by atoms with E-state index in [1.165, 1.54) is 12.2 Å². The molecule has 1 aliphatic heterocycles. The lowest BCUT2D eigenvalue weighted by molar-refractivity contribution is 0.229. The molecule has 1 fully saturated rings. The summed E-state index contributed by atoms with van der Waals surface area (Å²) in [4.78, 5) is 7.24. The molecule has 0 N–H and O–H groups in total. The van der Waals surface area contributed by atoms with Crippen LogP contribution in [0.15, 0.2) is 24.3 Å². The fourth-order valence-electron chi connectivity index (χ4n) is 2.36. The molecule has 4 heteroatoms. The molecule has 1 aromatic rings. The van der Waals surface area contributed by atoms with E-state index in [1.54, 1.807) is 7.11 Å². The second kappa shape index (κ2) is 6.78. The molecule has 0 aliphatic carbocycles. The molecule has 0 amide bonds. The van der Waals surface area contributed by atoms with Crippen LogP contribution >= 0.6 is 0 Å². The van der Waals surface area contributed by atoms with Crippen molar-refractivity contribution >= 4 is 5.69 Å². The van der Waals surface area contributed by atoms with E-state index in [0.29, 0.717) is 0 Å². The van der Waals surface area contributed by atoms with Gasteiger partial charge in [0.15, 0.2) is 0 Å². The zero-order valence-electron chi connectivity index (χ0n) is 12.3. The van der Waals surface area contributed by atoms with Crippen LogP contribution < -0.4 is 9.64 Å². The lowest BCUT2D eigenvalue weighted by Crippen LogP contribution is -2.48. The Labute approximate surface area is 116 Å². The second-order valence-electron chi connectivity index (χ2n) is 5.33. The summed E-state index contributed by atoms with van der Waals surface area (Å²) in [5.74, 6) is 0.924. The zero-order chi connectivity index (χ0) is 13.7. The molecule has 4 nitrogen and oxygen atoms in total. The third kappa shape index (κ3) is 4.11. The first-order valence-electron chi connectivity index (χ1n) is 6.95. The number of ether oxygens (including phenoxy) is 1. The van der Waals surface area contributed by atoms with E-state index in [1.807, 2.05) is 12.1 Å². The molecule has 1 saturated heterocycles. The van der Waals surface area contributed by atoms with E-state index in [0.717, 1.165) is 38.5 Å². The van der Waals surface area contributed by atoms with Gasteiger partial charge >= 0.3 is 0 Å². The van der Waals surface area contributed by atoms with E-state index >= 15 is 0 Å². The van der Waals surface area contributed by atoms with Crippen molar-refractivity contribution < 1.29 is 4.74 Å². The Morgan fingerprint density at radius 2 is 1.68 bits per heavy atom. The van der Waals surface area contributed by atoms with Crippen LogP contribution in [0.25, 0.3) is 0 Å². The third-order valence-corrected chi connectivity index (χ3v) is 3.67. The smallest absolute Gasteiger partial charge is 0.119 e. The van der Waals surface area contributed by atoms with Gasteiger partial charge in [0.1, 0.15) is 5.75 Å². The first kappa shape index (κ1) is 14.2. The van der Waals surface area contributed by atoms with Crippen LogP contribution in [-0.2, 0) is 0 Å². The molecule has 0 bridgehead atoms. The summed E-state index contributed by atoms with van der Waals surface area (Å²) < 4.78 is 5.20. The van der Waals surface area contributed by atoms with Gasteiger partial charge in [-0.15, -0.1) is 0 Å². The summed E-state index contributed by atoms with van der Waals surface area (Å²) in [6.45, 7) is 6.84. The summed E-state index contributed by atoms with van der Waals surface area (Å²) in [5.41, 5.74) is 1.30. The second-order valence-corrected chi connectivity index (χ2v) is 5.33. The fourth-order valence-corrected chi connectivity index (χ4v) is 2.36. The van der Waals surface area contributed by atoms with E-state index in [9.17, 15) is 0 Å². The largest absolute Gasteiger partial charge is 0.497 e. The van der Waals surface area contributed by atoms with E-state index < -0.39 is 0 Å². The molecule has 106 valence electrons. The highest BCUT2D eigenvalue weighted by atomic mass is 16.5. The van der Waals surface area contributed by atoms with Gasteiger partial charge in [-0.2, -0.15) is 0 Å². The van der Waals surface area contributed by atoms with Crippen molar-refractivity contribution in [3.63, 3.8) is 0 Å². The van der Waals surface area contributed by atoms with E-state index in [2.05, 4.69) is 40.9 Å². The van der Waals surface area contributed by atoms with Crippen LogP contribution in [0.1, 0.15) is 0 Å². The minimum absolute atomic E-state index is 0.924. The first-order chi connectivity index (χ1) is 9.19. The molecule has 1 aromatic carbocycles. The fraction of sp³-hybridized carbons (Fsp3) is 0.600. The number of hydrogen-bond acceptors (Lipinski definition) is 4. The molecule has 1 heterocycles. The van der Waals surface area contributed by atoms with Gasteiger partial charge in [0.25, 0.3) is 0 Å². The minimum Gasteiger partial charge on any atom is -0.497 e. The van der Waals surface area contributed by atoms with Crippen LogP contribution in [0.3, 0.4) is 0 Å². The minimum atomic E-state index is 0.924. The van der Waals surface area contributed by atoms with Gasteiger partial charge in [-0.1, -0.05) is 0 Å². The topological polar surface area (TPSA) is 19.0 Å². The summed E-state index contributed by atoms with van der Waals surface area (Å²) >= 11 is 0. The van der Waals surface area contributed by atoms with Crippen molar-refractivity contribution in [2.24, 2.45) is 0 Å². The maximum absolute atomic E-state index is 5.20. The van der Waals surface area contributed by atoms with Crippen molar-refractivity contribution in [1.29, 1.82) is 0 Å². The Kier molecular flexibility index (Phi) is 5.05. The van der Waals surface area contributed by atoms with Crippen LogP contribution in [0.2, 0.25) is 0 Å². The molecule has 0 radical (unpaired) electrons. The van der Waals surface area contributed by atoms with Crippen molar-refractivity contribution in [3.05, 3.63) is 24.3 Å². The zero-order valence-corrected chi connectivity index (χ0v) is 12.3. The normalized spacial score (nSPS) is 16.9. The lowest BCUT2D eigenvalue weighted by Gasteiger charge is -2.36. The van der Waals surface area contributed by atoms with E-state index in [4.69, 9.17) is 4.74 Å². The Hall–Kier alpha value is -1.26. The number of rotatable bonds is 5. The molecule has 0 unspecified atom stereocenters. The molecule has 19 heavy (non-hydrogen) atoms. The molecule has 0 atom stereocenters. The Bertz CT molecular complexity index is 369. The van der Waals surface area contributed by atoms with Gasteiger partial charge in [0.05, 0.1) is 7.11 Å². The monoisotopic (exact) mass is 263 g/mol. The number of benzene rings is 1. The number of methoxy groups -OCH3 is 1. The standard InChI is InChI=1S/C15H25N3O/c1-16(2)8-9-17-10-12-18(13-11-17)14-4-6-15(19-3)7-5-14/h4-7H,8-13H2,1-3H3. The molecule has 2 rings (SSSR count). The number of anilines is 1. The van der Waals surface area contributed by atoms with E-state index in [-0.39, 0.29) is 0 Å². The van der Waals surface area contributed by atoms with Crippen LogP contribution in [-0.4, -0.2) is 70.3 Å². The predicted molar refractivity (Wildman–Crippen MR) is 80.2 cm³/mol. The van der Waals surface area contributed by atoms with Gasteiger partial charge in [-0.05, 0) is 38.4 Å². The van der Waals surface area contributed by atoms with Crippen molar-refractivity contribution in [2.75, 3.05) is 65.4 Å². The Morgan fingerprint density at radius 3 is 2.21 bits per heavy atom. The SMILES string of the molecule is COc1ccc(N2CCN(CCN(C)C)CC2)cc1. The van der Waals surface area contributed by atoms with Crippen LogP contribution in [0.4, 0.5) is 5.69 Å². The predicted octanol–water partition coefficient (Wildman–Crippen LogP) is 1.38. The quantitative estimate of drug-likeness (QED) is 0.799. The van der Waals surface area contributed by atoms with Crippen LogP contribution in [0, 0.1) is 0 Å². The Morgan fingerprint density at radius 1 is 1.05 bits per heavy atom. The van der Waals surface area contributed by atoms with Crippen LogP contribution in [0.5, 0.6) is 5.75 Å². The highest BCUT2D eigenvalue weighted by Crippen LogP contribution is 2.20. The maximum atomic E-state index is 5.20. The van der Waals surface area contributed by atoms with Crippen molar-refractivity contribution in [1.82, 2.24) is 9.80 Å². The van der Waals surface area contributed by atoms with Crippen molar-refractivity contribution in [3.8, 4) is 5.75 Å². The summed E-state index contributed by atoms with van der Waals surface area (Å²) in [6, 6.07) is 8.37. The van der Waals surface area contributed by atoms with Gasteiger partial charge in [0, 0.05) is 45.0 Å². The summed E-state index contributed by atoms with van der Waals surface area (Å²) in [7, 11) is 5.97. The highest BCUT2D eigenvalue weighted by Gasteiger charge is 2.16. The number of nitrogens with zero attached hydrogens (tertiary/aromatic N) is 3. The third-order valence-electron chi connectivity index (χ3n) is 3.67. The number of likely N-dealkylation sites (N-methyl/N-ethyl adjacent to an activating group) is 1. The molecular weight excluding hydrogens is 238 g/mol. The molecule has 1 aliphatic rings. The molecule has 0 aromatic heterocycles. The maximum Gasteiger partial charge on any atom is 0.119 e. The van der Waals surface area contributed by atoms with Crippen molar-refractivity contribution in [2.45, 2.75) is 0 Å². The average Bonchev–Trinajstić information content (AvgIpc) is 2.46. The molecule has 0 spiro atoms. The average molecular weight is 263 g/mol. The summed E-state index contributed by atoms with van der Waals surface area (Å²) in [5, 5.41) is 0. The lowest BCUT2D eigenvalue weighted by atomic mass is 10.2. The first-order valence-corrected chi connectivity index (χ1v) is 6.95. The van der Waals surface area contributed by atoms with Gasteiger partial charge in [-0.3, -0.25) is 4.90 Å². The van der Waals surface area contributed by atoms with Gasteiger partial charge < -0.3 is 14.5 Å². The highest BCUT2D eigenvalue weighted by molar-refractivity contribution is 5.49. The molecular formula is C15H25N3O. The number of hydrogen-bond donors (Lipinski definition) is 0. The Balaban J connectivity index is 1.81. The van der Waals surface area contributed by atoms with Gasteiger partial charge in [-0.25, -0.2) is 0 Å². The summed E-state index contributed by atoms with van der Waals surface area (Å²) in [6.07, 6.45) is 0. The number of piperazine rings is 1. The molecule has 0 saturated carbocycles.